The van der Waals surface area contributed by atoms with Crippen molar-refractivity contribution in [3.05, 3.63) is 34.9 Å². The van der Waals surface area contributed by atoms with Gasteiger partial charge in [0.1, 0.15) is 0 Å². The monoisotopic (exact) mass is 259 g/mol. The van der Waals surface area contributed by atoms with Gasteiger partial charge >= 0.3 is 0 Å². The molecule has 1 N–H and O–H groups in total. The molecule has 2 nitrogen and oxygen atoms in total. The highest BCUT2D eigenvalue weighted by Crippen LogP contribution is 2.46. The number of hydrogen-bond acceptors (Lipinski definition) is 2. The van der Waals surface area contributed by atoms with E-state index in [1.54, 1.807) is 0 Å². The van der Waals surface area contributed by atoms with Gasteiger partial charge in [0.05, 0.1) is 5.60 Å². The van der Waals surface area contributed by atoms with Crippen LogP contribution in [0.3, 0.4) is 0 Å². The molecule has 0 bridgehead atoms. The molecule has 2 heteroatoms. The number of rotatable bonds is 3. The van der Waals surface area contributed by atoms with Gasteiger partial charge < -0.3 is 10.1 Å². The highest BCUT2D eigenvalue weighted by Gasteiger charge is 2.43. The Morgan fingerprint density at radius 1 is 1.42 bits per heavy atom. The normalized spacial score (nSPS) is 29.7. The third-order valence-corrected chi connectivity index (χ3v) is 4.66. The van der Waals surface area contributed by atoms with Gasteiger partial charge in [0.15, 0.2) is 0 Å². The number of nitrogens with one attached hydrogen (secondary N) is 1. The maximum absolute atomic E-state index is 6.28. The smallest absolute Gasteiger partial charge is 0.0952 e. The van der Waals surface area contributed by atoms with Crippen molar-refractivity contribution in [2.75, 3.05) is 13.2 Å². The maximum atomic E-state index is 6.28. The summed E-state index contributed by atoms with van der Waals surface area (Å²) in [6, 6.07) is 7.50. The summed E-state index contributed by atoms with van der Waals surface area (Å²) in [4.78, 5) is 0. The van der Waals surface area contributed by atoms with Crippen molar-refractivity contribution in [2.24, 2.45) is 0 Å². The van der Waals surface area contributed by atoms with Gasteiger partial charge in [0.2, 0.25) is 0 Å². The lowest BCUT2D eigenvalue weighted by molar-refractivity contribution is -0.0928. The topological polar surface area (TPSA) is 21.3 Å². The van der Waals surface area contributed by atoms with Crippen LogP contribution in [0.2, 0.25) is 0 Å². The number of hydrogen-bond donors (Lipinski definition) is 1. The fourth-order valence-electron chi connectivity index (χ4n) is 3.64. The number of aryl methyl sites for hydroxylation is 2. The molecule has 0 amide bonds. The lowest BCUT2D eigenvalue weighted by Crippen LogP contribution is -2.44. The summed E-state index contributed by atoms with van der Waals surface area (Å²) >= 11 is 0. The first-order chi connectivity index (χ1) is 9.23. The van der Waals surface area contributed by atoms with Crippen molar-refractivity contribution in [1.29, 1.82) is 0 Å². The van der Waals surface area contributed by atoms with Crippen LogP contribution in [0.15, 0.2) is 18.2 Å². The van der Waals surface area contributed by atoms with Crippen molar-refractivity contribution in [3.63, 3.8) is 0 Å². The molecule has 19 heavy (non-hydrogen) atoms. The second-order valence-electron chi connectivity index (χ2n) is 6.15. The Balaban J connectivity index is 1.83. The lowest BCUT2D eigenvalue weighted by Gasteiger charge is -2.39. The third-order valence-electron chi connectivity index (χ3n) is 4.66. The molecule has 0 radical (unpaired) electrons. The van der Waals surface area contributed by atoms with Crippen molar-refractivity contribution < 1.29 is 4.74 Å². The van der Waals surface area contributed by atoms with Crippen LogP contribution in [-0.4, -0.2) is 19.2 Å². The molecule has 1 spiro atoms. The molecule has 2 aliphatic rings. The molecule has 2 unspecified atom stereocenters. The summed E-state index contributed by atoms with van der Waals surface area (Å²) in [5.41, 5.74) is 4.33. The minimum Gasteiger partial charge on any atom is -0.370 e. The van der Waals surface area contributed by atoms with Gasteiger partial charge in [0.25, 0.3) is 0 Å². The Morgan fingerprint density at radius 2 is 2.32 bits per heavy atom. The highest BCUT2D eigenvalue weighted by atomic mass is 16.5. The maximum Gasteiger partial charge on any atom is 0.0952 e. The largest absolute Gasteiger partial charge is 0.370 e. The Hall–Kier alpha value is -0.860. The summed E-state index contributed by atoms with van der Waals surface area (Å²) in [7, 11) is 0. The molecule has 1 heterocycles. The fraction of sp³-hybridized carbons (Fsp3) is 0.647. The molecule has 1 aliphatic heterocycles. The molecule has 0 saturated carbocycles. The molecular formula is C17H25NO. The zero-order valence-corrected chi connectivity index (χ0v) is 12.2. The SMILES string of the molecule is CCCNC1CCOC2(CCc3ccc(C)cc32)C1. The van der Waals surface area contributed by atoms with E-state index in [0.29, 0.717) is 6.04 Å². The summed E-state index contributed by atoms with van der Waals surface area (Å²) in [5, 5.41) is 3.69. The predicted octanol–water partition coefficient (Wildman–Crippen LogP) is 3.32. The van der Waals surface area contributed by atoms with Gasteiger partial charge in [-0.25, -0.2) is 0 Å². The van der Waals surface area contributed by atoms with Crippen LogP contribution in [0.1, 0.15) is 49.3 Å². The van der Waals surface area contributed by atoms with E-state index >= 15 is 0 Å². The minimum atomic E-state index is 0.00497. The summed E-state index contributed by atoms with van der Waals surface area (Å²) in [6.07, 6.45) is 5.85. The van der Waals surface area contributed by atoms with E-state index in [1.165, 1.54) is 29.5 Å². The van der Waals surface area contributed by atoms with E-state index in [4.69, 9.17) is 4.74 Å². The lowest BCUT2D eigenvalue weighted by atomic mass is 9.85. The molecule has 3 rings (SSSR count). The van der Waals surface area contributed by atoms with Crippen LogP contribution in [-0.2, 0) is 16.8 Å². The van der Waals surface area contributed by atoms with Gasteiger partial charge in [-0.05, 0) is 56.7 Å². The summed E-state index contributed by atoms with van der Waals surface area (Å²) in [5.74, 6) is 0. The Morgan fingerprint density at radius 3 is 3.16 bits per heavy atom. The predicted molar refractivity (Wildman–Crippen MR) is 78.4 cm³/mol. The summed E-state index contributed by atoms with van der Waals surface area (Å²) < 4.78 is 6.28. The molecular weight excluding hydrogens is 234 g/mol. The van der Waals surface area contributed by atoms with Crippen molar-refractivity contribution >= 4 is 0 Å². The second kappa shape index (κ2) is 5.26. The van der Waals surface area contributed by atoms with E-state index in [-0.39, 0.29) is 5.60 Å². The zero-order valence-electron chi connectivity index (χ0n) is 12.2. The standard InChI is InChI=1S/C17H25NO/c1-3-9-18-15-7-10-19-17(12-15)8-6-14-5-4-13(2)11-16(14)17/h4-5,11,15,18H,3,6-10,12H2,1-2H3. The minimum absolute atomic E-state index is 0.00497. The van der Waals surface area contributed by atoms with E-state index in [1.807, 2.05) is 0 Å². The number of benzene rings is 1. The van der Waals surface area contributed by atoms with E-state index < -0.39 is 0 Å². The Kier molecular flexibility index (Phi) is 3.64. The third kappa shape index (κ3) is 2.44. The average molecular weight is 259 g/mol. The first-order valence-electron chi connectivity index (χ1n) is 7.71. The molecule has 104 valence electrons. The average Bonchev–Trinajstić information content (AvgIpc) is 2.75. The first kappa shape index (κ1) is 13.1. The van der Waals surface area contributed by atoms with Crippen LogP contribution in [0.25, 0.3) is 0 Å². The molecule has 1 aromatic carbocycles. The van der Waals surface area contributed by atoms with E-state index in [0.717, 1.165) is 32.4 Å². The van der Waals surface area contributed by atoms with Gasteiger partial charge in [-0.3, -0.25) is 0 Å². The van der Waals surface area contributed by atoms with Gasteiger partial charge in [0, 0.05) is 12.6 Å². The van der Waals surface area contributed by atoms with E-state index in [2.05, 4.69) is 37.4 Å². The molecule has 1 aromatic rings. The van der Waals surface area contributed by atoms with Crippen LogP contribution in [0.5, 0.6) is 0 Å². The zero-order chi connectivity index (χ0) is 13.3. The first-order valence-corrected chi connectivity index (χ1v) is 7.71. The van der Waals surface area contributed by atoms with Crippen molar-refractivity contribution in [1.82, 2.24) is 5.32 Å². The number of fused-ring (bicyclic) bond motifs is 2. The van der Waals surface area contributed by atoms with Gasteiger partial charge in [-0.2, -0.15) is 0 Å². The number of ether oxygens (including phenoxy) is 1. The molecule has 1 fully saturated rings. The van der Waals surface area contributed by atoms with E-state index in [9.17, 15) is 0 Å². The molecule has 0 aromatic heterocycles. The van der Waals surface area contributed by atoms with Crippen LogP contribution in [0.4, 0.5) is 0 Å². The quantitative estimate of drug-likeness (QED) is 0.899. The molecule has 1 aliphatic carbocycles. The fourth-order valence-corrected chi connectivity index (χ4v) is 3.64. The Labute approximate surface area is 116 Å². The van der Waals surface area contributed by atoms with Crippen LogP contribution < -0.4 is 5.32 Å². The van der Waals surface area contributed by atoms with Crippen LogP contribution >= 0.6 is 0 Å². The summed E-state index contributed by atoms with van der Waals surface area (Å²) in [6.45, 7) is 6.44. The van der Waals surface area contributed by atoms with Crippen LogP contribution in [0, 0.1) is 6.92 Å². The molecule has 2 atom stereocenters. The van der Waals surface area contributed by atoms with Gasteiger partial charge in [-0.15, -0.1) is 0 Å². The second-order valence-corrected chi connectivity index (χ2v) is 6.15. The molecule has 1 saturated heterocycles. The van der Waals surface area contributed by atoms with Crippen molar-refractivity contribution in [2.45, 2.75) is 57.6 Å². The van der Waals surface area contributed by atoms with Gasteiger partial charge in [-0.1, -0.05) is 30.7 Å². The Bertz CT molecular complexity index is 453. The highest BCUT2D eigenvalue weighted by molar-refractivity contribution is 5.40. The van der Waals surface area contributed by atoms with Crippen molar-refractivity contribution in [3.8, 4) is 0 Å².